The first-order valence-corrected chi connectivity index (χ1v) is 22.3. The van der Waals surface area contributed by atoms with E-state index in [0.29, 0.717) is 0 Å². The molecule has 0 aliphatic heterocycles. The summed E-state index contributed by atoms with van der Waals surface area (Å²) in [7, 11) is 0. The molecule has 0 saturated heterocycles. The Morgan fingerprint density at radius 1 is 0.266 bits per heavy atom. The monoisotopic (exact) mass is 809 g/mol. The van der Waals surface area contributed by atoms with Gasteiger partial charge in [-0.3, -0.25) is 0 Å². The van der Waals surface area contributed by atoms with Crippen molar-refractivity contribution in [3.63, 3.8) is 0 Å². The Labute approximate surface area is 371 Å². The van der Waals surface area contributed by atoms with Crippen LogP contribution in [0.15, 0.2) is 237 Å². The van der Waals surface area contributed by atoms with E-state index in [4.69, 9.17) is 0 Å². The van der Waals surface area contributed by atoms with Crippen molar-refractivity contribution in [2.24, 2.45) is 0 Å². The van der Waals surface area contributed by atoms with Gasteiger partial charge in [0.15, 0.2) is 0 Å². The van der Waals surface area contributed by atoms with Crippen molar-refractivity contribution in [3.05, 3.63) is 259 Å². The molecule has 1 aliphatic carbocycles. The molecule has 14 rings (SSSR count). The van der Waals surface area contributed by atoms with Crippen LogP contribution in [0.1, 0.15) is 22.3 Å². The van der Waals surface area contributed by atoms with Gasteiger partial charge in [0.05, 0.1) is 11.1 Å². The smallest absolute Gasteiger partial charge is 0.0714 e. The molecule has 296 valence electrons. The van der Waals surface area contributed by atoms with Crippen LogP contribution in [0.4, 0.5) is 17.1 Å². The van der Waals surface area contributed by atoms with E-state index in [9.17, 15) is 0 Å². The maximum Gasteiger partial charge on any atom is 0.0714 e. The molecule has 1 heteroatoms. The Morgan fingerprint density at radius 3 is 1.42 bits per heavy atom. The van der Waals surface area contributed by atoms with Crippen molar-refractivity contribution < 1.29 is 0 Å². The molecule has 13 aromatic carbocycles. The van der Waals surface area contributed by atoms with Crippen LogP contribution in [-0.2, 0) is 5.41 Å². The molecule has 1 aliphatic rings. The van der Waals surface area contributed by atoms with Crippen molar-refractivity contribution in [2.75, 3.05) is 4.90 Å². The van der Waals surface area contributed by atoms with Crippen LogP contribution >= 0.6 is 0 Å². The number of benzene rings is 12. The highest BCUT2D eigenvalue weighted by atomic mass is 15.1. The summed E-state index contributed by atoms with van der Waals surface area (Å²) < 4.78 is 0. The molecule has 0 amide bonds. The topological polar surface area (TPSA) is 3.24 Å². The van der Waals surface area contributed by atoms with Crippen LogP contribution < -0.4 is 4.90 Å². The first-order chi connectivity index (χ1) is 31.8. The Kier molecular flexibility index (Phi) is 7.38. The lowest BCUT2D eigenvalue weighted by Crippen LogP contribution is -2.28. The molecule has 13 aromatic rings. The Hall–Kier alpha value is -8.26. The van der Waals surface area contributed by atoms with Gasteiger partial charge in [-0.2, -0.15) is 0 Å². The van der Waals surface area contributed by atoms with Gasteiger partial charge in [0.2, 0.25) is 0 Å². The third-order valence-corrected chi connectivity index (χ3v) is 14.4. The second-order valence-corrected chi connectivity index (χ2v) is 17.5. The number of anilines is 3. The Morgan fingerprint density at radius 2 is 0.734 bits per heavy atom. The lowest BCUT2D eigenvalue weighted by atomic mass is 9.67. The highest BCUT2D eigenvalue weighted by Crippen LogP contribution is 2.58. The first kappa shape index (κ1) is 35.3. The molecule has 1 nitrogen and oxygen atoms in total. The fourth-order valence-electron chi connectivity index (χ4n) is 11.8. The van der Waals surface area contributed by atoms with Gasteiger partial charge in [-0.15, -0.1) is 0 Å². The van der Waals surface area contributed by atoms with E-state index in [0.717, 1.165) is 17.1 Å². The van der Waals surface area contributed by atoms with Gasteiger partial charge in [0.25, 0.3) is 0 Å². The molecular formula is C63H39N. The lowest BCUT2D eigenvalue weighted by molar-refractivity contribution is 0.768. The summed E-state index contributed by atoms with van der Waals surface area (Å²) in [5.41, 5.74) is 10.5. The fourth-order valence-corrected chi connectivity index (χ4v) is 11.8. The van der Waals surface area contributed by atoms with E-state index < -0.39 is 5.41 Å². The average molecular weight is 810 g/mol. The summed E-state index contributed by atoms with van der Waals surface area (Å²) in [6.07, 6.45) is 0. The molecule has 0 N–H and O–H groups in total. The molecule has 0 fully saturated rings. The van der Waals surface area contributed by atoms with Crippen LogP contribution in [0.25, 0.3) is 86.5 Å². The minimum atomic E-state index is -0.531. The zero-order chi connectivity index (χ0) is 41.9. The van der Waals surface area contributed by atoms with Gasteiger partial charge < -0.3 is 4.90 Å². The zero-order valence-corrected chi connectivity index (χ0v) is 35.0. The summed E-state index contributed by atoms with van der Waals surface area (Å²) in [6.45, 7) is 0. The van der Waals surface area contributed by atoms with E-state index in [1.807, 2.05) is 0 Å². The molecule has 0 atom stereocenters. The molecule has 0 spiro atoms. The van der Waals surface area contributed by atoms with Crippen LogP contribution in [0.5, 0.6) is 0 Å². The molecule has 0 aromatic heterocycles. The predicted molar refractivity (Wildman–Crippen MR) is 272 cm³/mol. The third kappa shape index (κ3) is 4.79. The molecule has 0 radical (unpaired) electrons. The summed E-state index contributed by atoms with van der Waals surface area (Å²) >= 11 is 0. The van der Waals surface area contributed by atoms with Gasteiger partial charge in [-0.25, -0.2) is 0 Å². The van der Waals surface area contributed by atoms with Gasteiger partial charge >= 0.3 is 0 Å². The number of hydrogen-bond acceptors (Lipinski definition) is 1. The summed E-state index contributed by atoms with van der Waals surface area (Å²) in [5, 5.41) is 17.7. The fraction of sp³-hybridized carbons (Fsp3) is 0.0159. The normalized spacial score (nSPS) is 13.1. The molecular weight excluding hydrogens is 771 g/mol. The van der Waals surface area contributed by atoms with E-state index in [2.05, 4.69) is 241 Å². The summed E-state index contributed by atoms with van der Waals surface area (Å²) in [4.78, 5) is 2.54. The Balaban J connectivity index is 1.14. The SMILES string of the molecule is c1ccc(C2(c3ccccc3)c3ccccc3-c3ccc(N(c4ccc5ccccc5c4)c4cc5cccc6c7cccc8ccc9cccc(c%10cccc4c%10c56)c9c87)cc32)cc1. The number of hydrogen-bond donors (Lipinski definition) is 0. The maximum absolute atomic E-state index is 2.54. The largest absolute Gasteiger partial charge is 0.310 e. The number of fused-ring (bicyclic) bond motifs is 6. The highest BCUT2D eigenvalue weighted by Gasteiger charge is 2.46. The number of rotatable bonds is 5. The lowest BCUT2D eigenvalue weighted by Gasteiger charge is -2.35. The first-order valence-electron chi connectivity index (χ1n) is 22.3. The Bertz CT molecular complexity index is 3980. The van der Waals surface area contributed by atoms with Crippen molar-refractivity contribution in [3.8, 4) is 11.1 Å². The molecule has 0 saturated carbocycles. The van der Waals surface area contributed by atoms with Crippen molar-refractivity contribution in [2.45, 2.75) is 5.41 Å². The third-order valence-electron chi connectivity index (χ3n) is 14.4. The maximum atomic E-state index is 2.54. The van der Waals surface area contributed by atoms with Crippen molar-refractivity contribution in [1.29, 1.82) is 0 Å². The second-order valence-electron chi connectivity index (χ2n) is 17.5. The highest BCUT2D eigenvalue weighted by molar-refractivity contribution is 6.38. The standard InChI is InChI=1S/C63H39N/c1-3-20-45(21-4-1)63(46-22-5-2-6-23-46)56-30-10-9-24-49(56)50-36-35-48(39-57(50)63)64(47-34-33-40-15-7-8-16-43(40)37-47)58-38-44-19-13-27-52-51-25-11-17-41-31-32-42-18-12-26-53(60(42)59(41)51)54-28-14-29-55(58)62(54)61(44)52/h1-39H. The summed E-state index contributed by atoms with van der Waals surface area (Å²) in [6, 6.07) is 88.8. The van der Waals surface area contributed by atoms with Gasteiger partial charge in [-0.1, -0.05) is 206 Å². The van der Waals surface area contributed by atoms with Crippen LogP contribution in [-0.4, -0.2) is 0 Å². The van der Waals surface area contributed by atoms with E-state index >= 15 is 0 Å². The summed E-state index contributed by atoms with van der Waals surface area (Å²) in [5.74, 6) is 0. The second kappa shape index (κ2) is 13.4. The van der Waals surface area contributed by atoms with Crippen LogP contribution in [0.2, 0.25) is 0 Å². The molecule has 64 heavy (non-hydrogen) atoms. The minimum Gasteiger partial charge on any atom is -0.310 e. The zero-order valence-electron chi connectivity index (χ0n) is 35.0. The molecule has 0 bridgehead atoms. The number of nitrogens with zero attached hydrogens (tertiary/aromatic N) is 1. The van der Waals surface area contributed by atoms with E-state index in [-0.39, 0.29) is 0 Å². The van der Waals surface area contributed by atoms with Crippen molar-refractivity contribution in [1.82, 2.24) is 0 Å². The van der Waals surface area contributed by atoms with Crippen LogP contribution in [0.3, 0.4) is 0 Å². The van der Waals surface area contributed by atoms with Gasteiger partial charge in [-0.05, 0) is 128 Å². The molecule has 0 unspecified atom stereocenters. The van der Waals surface area contributed by atoms with Crippen LogP contribution in [0, 0.1) is 0 Å². The molecule has 0 heterocycles. The van der Waals surface area contributed by atoms with Gasteiger partial charge in [0, 0.05) is 22.1 Å². The quantitative estimate of drug-likeness (QED) is 0.157. The van der Waals surface area contributed by atoms with Gasteiger partial charge in [0.1, 0.15) is 0 Å². The minimum absolute atomic E-state index is 0.531. The average Bonchev–Trinajstić information content (AvgIpc) is 3.66. The van der Waals surface area contributed by atoms with E-state index in [1.165, 1.54) is 109 Å². The van der Waals surface area contributed by atoms with E-state index in [1.54, 1.807) is 0 Å². The van der Waals surface area contributed by atoms with Crippen molar-refractivity contribution >= 4 is 92.5 Å². The predicted octanol–water partition coefficient (Wildman–Crippen LogP) is 17.0.